The van der Waals surface area contributed by atoms with Gasteiger partial charge in [-0.2, -0.15) is 0 Å². The SMILES string of the molecule is Cc1ccc(C(C)NC(=O)N(CC(=O)O)CC2CC2)cc1. The summed E-state index contributed by atoms with van der Waals surface area (Å²) in [7, 11) is 0. The van der Waals surface area contributed by atoms with Crippen LogP contribution in [0.25, 0.3) is 0 Å². The molecule has 1 aromatic carbocycles. The van der Waals surface area contributed by atoms with Gasteiger partial charge in [0.25, 0.3) is 0 Å². The van der Waals surface area contributed by atoms with Gasteiger partial charge >= 0.3 is 12.0 Å². The third-order valence-electron chi connectivity index (χ3n) is 3.71. The first kappa shape index (κ1) is 15.4. The fourth-order valence-electron chi connectivity index (χ4n) is 2.21. The van der Waals surface area contributed by atoms with Crippen molar-refractivity contribution in [1.29, 1.82) is 0 Å². The first-order valence-corrected chi connectivity index (χ1v) is 7.29. The lowest BCUT2D eigenvalue weighted by atomic mass is 10.1. The van der Waals surface area contributed by atoms with Crippen LogP contribution in [0.15, 0.2) is 24.3 Å². The van der Waals surface area contributed by atoms with Crippen molar-refractivity contribution in [2.24, 2.45) is 5.92 Å². The molecule has 5 nitrogen and oxygen atoms in total. The maximum absolute atomic E-state index is 12.2. The van der Waals surface area contributed by atoms with Gasteiger partial charge in [0.2, 0.25) is 0 Å². The lowest BCUT2D eigenvalue weighted by molar-refractivity contribution is -0.137. The highest BCUT2D eigenvalue weighted by Crippen LogP contribution is 2.29. The Bertz CT molecular complexity index is 509. The monoisotopic (exact) mass is 290 g/mol. The highest BCUT2D eigenvalue weighted by atomic mass is 16.4. The van der Waals surface area contributed by atoms with E-state index in [1.165, 1.54) is 10.5 Å². The van der Waals surface area contributed by atoms with Crippen LogP contribution in [0.2, 0.25) is 0 Å². The quantitative estimate of drug-likeness (QED) is 0.846. The van der Waals surface area contributed by atoms with Crippen molar-refractivity contribution in [3.8, 4) is 0 Å². The summed E-state index contributed by atoms with van der Waals surface area (Å²) in [4.78, 5) is 24.5. The average Bonchev–Trinajstić information content (AvgIpc) is 3.22. The molecule has 1 saturated carbocycles. The highest BCUT2D eigenvalue weighted by molar-refractivity contribution is 5.80. The molecule has 1 fully saturated rings. The molecule has 114 valence electrons. The van der Waals surface area contributed by atoms with Crippen LogP contribution in [0.1, 0.15) is 36.9 Å². The molecule has 5 heteroatoms. The van der Waals surface area contributed by atoms with Gasteiger partial charge in [-0.25, -0.2) is 4.79 Å². The second-order valence-corrected chi connectivity index (χ2v) is 5.80. The summed E-state index contributed by atoms with van der Waals surface area (Å²) in [5.41, 5.74) is 2.18. The van der Waals surface area contributed by atoms with E-state index in [9.17, 15) is 9.59 Å². The van der Waals surface area contributed by atoms with Crippen molar-refractivity contribution in [2.75, 3.05) is 13.1 Å². The van der Waals surface area contributed by atoms with E-state index in [1.807, 2.05) is 38.1 Å². The first-order valence-electron chi connectivity index (χ1n) is 7.29. The zero-order valence-electron chi connectivity index (χ0n) is 12.5. The number of carboxylic acids is 1. The summed E-state index contributed by atoms with van der Waals surface area (Å²) in [5.74, 6) is -0.515. The number of nitrogens with one attached hydrogen (secondary N) is 1. The Morgan fingerprint density at radius 1 is 1.33 bits per heavy atom. The summed E-state index contributed by atoms with van der Waals surface area (Å²) < 4.78 is 0. The van der Waals surface area contributed by atoms with Gasteiger partial charge in [-0.1, -0.05) is 29.8 Å². The fourth-order valence-corrected chi connectivity index (χ4v) is 2.21. The minimum atomic E-state index is -0.978. The molecule has 0 spiro atoms. The number of aliphatic carboxylic acids is 1. The fraction of sp³-hybridized carbons (Fsp3) is 0.500. The van der Waals surface area contributed by atoms with E-state index in [0.717, 1.165) is 18.4 Å². The maximum Gasteiger partial charge on any atom is 0.323 e. The molecule has 0 saturated heterocycles. The van der Waals surface area contributed by atoms with E-state index in [-0.39, 0.29) is 18.6 Å². The van der Waals surface area contributed by atoms with Gasteiger partial charge < -0.3 is 15.3 Å². The van der Waals surface area contributed by atoms with E-state index in [4.69, 9.17) is 5.11 Å². The molecule has 2 amide bonds. The van der Waals surface area contributed by atoms with Crippen LogP contribution < -0.4 is 5.32 Å². The number of urea groups is 1. The topological polar surface area (TPSA) is 69.6 Å². The average molecular weight is 290 g/mol. The molecule has 2 rings (SSSR count). The van der Waals surface area contributed by atoms with Crippen molar-refractivity contribution in [3.05, 3.63) is 35.4 Å². The molecule has 0 aliphatic heterocycles. The number of nitrogens with zero attached hydrogens (tertiary/aromatic N) is 1. The van der Waals surface area contributed by atoms with E-state index in [0.29, 0.717) is 12.5 Å². The van der Waals surface area contributed by atoms with Gasteiger partial charge in [0.15, 0.2) is 0 Å². The zero-order valence-corrected chi connectivity index (χ0v) is 12.5. The summed E-state index contributed by atoms with van der Waals surface area (Å²) in [6, 6.07) is 7.49. The first-order chi connectivity index (χ1) is 9.95. The van der Waals surface area contributed by atoms with Crippen molar-refractivity contribution in [2.45, 2.75) is 32.7 Å². The molecule has 2 N–H and O–H groups in total. The molecule has 1 atom stereocenters. The summed E-state index contributed by atoms with van der Waals surface area (Å²) in [6.45, 7) is 4.19. The Hall–Kier alpha value is -2.04. The Morgan fingerprint density at radius 2 is 1.95 bits per heavy atom. The molecular weight excluding hydrogens is 268 g/mol. The number of hydrogen-bond acceptors (Lipinski definition) is 2. The minimum absolute atomic E-state index is 0.145. The van der Waals surface area contributed by atoms with E-state index in [2.05, 4.69) is 5.32 Å². The molecular formula is C16H22N2O3. The van der Waals surface area contributed by atoms with Crippen molar-refractivity contribution in [3.63, 3.8) is 0 Å². The van der Waals surface area contributed by atoms with Gasteiger partial charge in [-0.05, 0) is 38.2 Å². The van der Waals surface area contributed by atoms with Gasteiger partial charge in [-0.3, -0.25) is 4.79 Å². The van der Waals surface area contributed by atoms with Crippen LogP contribution >= 0.6 is 0 Å². The lowest BCUT2D eigenvalue weighted by Gasteiger charge is -2.24. The van der Waals surface area contributed by atoms with Crippen molar-refractivity contribution in [1.82, 2.24) is 10.2 Å². The number of benzene rings is 1. The second kappa shape index (κ2) is 6.61. The van der Waals surface area contributed by atoms with Crippen LogP contribution in [-0.4, -0.2) is 35.1 Å². The Morgan fingerprint density at radius 3 is 2.48 bits per heavy atom. The number of aryl methyl sites for hydroxylation is 1. The maximum atomic E-state index is 12.2. The molecule has 0 radical (unpaired) electrons. The van der Waals surface area contributed by atoms with Crippen molar-refractivity contribution >= 4 is 12.0 Å². The highest BCUT2D eigenvalue weighted by Gasteiger charge is 2.28. The minimum Gasteiger partial charge on any atom is -0.480 e. The Kier molecular flexibility index (Phi) is 4.83. The van der Waals surface area contributed by atoms with E-state index in [1.54, 1.807) is 0 Å². The number of carboxylic acid groups (broad SMARTS) is 1. The van der Waals surface area contributed by atoms with E-state index >= 15 is 0 Å². The van der Waals surface area contributed by atoms with Crippen LogP contribution in [0, 0.1) is 12.8 Å². The molecule has 0 bridgehead atoms. The lowest BCUT2D eigenvalue weighted by Crippen LogP contribution is -2.44. The molecule has 1 aliphatic rings. The van der Waals surface area contributed by atoms with Gasteiger partial charge in [-0.15, -0.1) is 0 Å². The molecule has 0 aromatic heterocycles. The third kappa shape index (κ3) is 4.77. The van der Waals surface area contributed by atoms with Crippen LogP contribution in [0.4, 0.5) is 4.79 Å². The zero-order chi connectivity index (χ0) is 15.4. The van der Waals surface area contributed by atoms with Gasteiger partial charge in [0.05, 0.1) is 6.04 Å². The molecule has 0 heterocycles. The van der Waals surface area contributed by atoms with Gasteiger partial charge in [0.1, 0.15) is 6.54 Å². The van der Waals surface area contributed by atoms with Crippen LogP contribution in [-0.2, 0) is 4.79 Å². The largest absolute Gasteiger partial charge is 0.480 e. The standard InChI is InChI=1S/C16H22N2O3/c1-11-3-7-14(8-4-11)12(2)17-16(21)18(10-15(19)20)9-13-5-6-13/h3-4,7-8,12-13H,5-6,9-10H2,1-2H3,(H,17,21)(H,19,20). The predicted octanol–water partition coefficient (Wildman–Crippen LogP) is 2.56. The molecule has 1 aromatic rings. The van der Waals surface area contributed by atoms with Gasteiger partial charge in [0, 0.05) is 6.54 Å². The number of carbonyl (C=O) groups excluding carboxylic acids is 1. The van der Waals surface area contributed by atoms with E-state index < -0.39 is 5.97 Å². The summed E-state index contributed by atoms with van der Waals surface area (Å²) in [5, 5.41) is 11.8. The second-order valence-electron chi connectivity index (χ2n) is 5.80. The van der Waals surface area contributed by atoms with Crippen LogP contribution in [0.3, 0.4) is 0 Å². The smallest absolute Gasteiger partial charge is 0.323 e. The number of rotatable bonds is 6. The van der Waals surface area contributed by atoms with Crippen molar-refractivity contribution < 1.29 is 14.7 Å². The number of hydrogen-bond donors (Lipinski definition) is 2. The predicted molar refractivity (Wildman–Crippen MR) is 80.1 cm³/mol. The summed E-state index contributed by atoms with van der Waals surface area (Å²) >= 11 is 0. The van der Waals surface area contributed by atoms with Crippen LogP contribution in [0.5, 0.6) is 0 Å². The Labute approximate surface area is 125 Å². The number of carbonyl (C=O) groups is 2. The molecule has 1 aliphatic carbocycles. The third-order valence-corrected chi connectivity index (χ3v) is 3.71. The summed E-state index contributed by atoms with van der Waals surface area (Å²) in [6.07, 6.45) is 2.16. The normalized spacial score (nSPS) is 15.3. The molecule has 21 heavy (non-hydrogen) atoms. The Balaban J connectivity index is 1.95. The molecule has 1 unspecified atom stereocenters. The number of amides is 2.